The minimum absolute atomic E-state index is 0.0911. The van der Waals surface area contributed by atoms with Gasteiger partial charge in [0.25, 0.3) is 0 Å². The van der Waals surface area contributed by atoms with Gasteiger partial charge in [-0.05, 0) is 6.07 Å². The molecule has 92 valence electrons. The minimum atomic E-state index is -1.17. The van der Waals surface area contributed by atoms with Crippen molar-refractivity contribution < 1.29 is 19.4 Å². The predicted octanol–water partition coefficient (Wildman–Crippen LogP) is 3.12. The highest BCUT2D eigenvalue weighted by molar-refractivity contribution is 6.38. The van der Waals surface area contributed by atoms with Crippen LogP contribution in [0.4, 0.5) is 0 Å². The number of esters is 1. The van der Waals surface area contributed by atoms with Gasteiger partial charge in [0.05, 0.1) is 10.6 Å². The number of benzene rings is 2. The summed E-state index contributed by atoms with van der Waals surface area (Å²) in [5.74, 6) is -1.49. The van der Waals surface area contributed by atoms with E-state index in [1.807, 2.05) is 0 Å². The van der Waals surface area contributed by atoms with Crippen LogP contribution >= 0.6 is 11.6 Å². The largest absolute Gasteiger partial charge is 0.478 e. The molecule has 0 aliphatic carbocycles. The van der Waals surface area contributed by atoms with Gasteiger partial charge in [0, 0.05) is 17.7 Å². The van der Waals surface area contributed by atoms with Crippen molar-refractivity contribution in [1.29, 1.82) is 0 Å². The number of carboxylic acids is 1. The molecule has 0 saturated carbocycles. The molecule has 0 spiro atoms. The number of carbonyl (C=O) groups is 2. The van der Waals surface area contributed by atoms with Crippen molar-refractivity contribution in [2.24, 2.45) is 0 Å². The Labute approximate surface area is 108 Å². The maximum absolute atomic E-state index is 11.1. The summed E-state index contributed by atoms with van der Waals surface area (Å²) in [7, 11) is 0. The van der Waals surface area contributed by atoms with Crippen LogP contribution in [0.3, 0.4) is 0 Å². The third kappa shape index (κ3) is 2.15. The van der Waals surface area contributed by atoms with E-state index in [1.165, 1.54) is 13.0 Å². The zero-order valence-corrected chi connectivity index (χ0v) is 10.2. The van der Waals surface area contributed by atoms with Gasteiger partial charge >= 0.3 is 11.9 Å². The Bertz CT molecular complexity index is 649. The van der Waals surface area contributed by atoms with Gasteiger partial charge in [0.1, 0.15) is 5.75 Å². The Balaban J connectivity index is 2.79. The molecule has 0 aromatic heterocycles. The first-order valence-electron chi connectivity index (χ1n) is 5.13. The van der Waals surface area contributed by atoms with Crippen LogP contribution in [0.2, 0.25) is 5.02 Å². The van der Waals surface area contributed by atoms with Gasteiger partial charge in [-0.1, -0.05) is 35.9 Å². The topological polar surface area (TPSA) is 63.6 Å². The molecule has 5 heteroatoms. The van der Waals surface area contributed by atoms with Crippen molar-refractivity contribution in [3.05, 3.63) is 40.9 Å². The molecule has 0 radical (unpaired) electrons. The van der Waals surface area contributed by atoms with E-state index in [9.17, 15) is 9.59 Å². The molecule has 0 amide bonds. The van der Waals surface area contributed by atoms with E-state index in [0.29, 0.717) is 10.8 Å². The number of hydrogen-bond acceptors (Lipinski definition) is 3. The first-order valence-corrected chi connectivity index (χ1v) is 5.51. The van der Waals surface area contributed by atoms with Gasteiger partial charge in [0.2, 0.25) is 0 Å². The van der Waals surface area contributed by atoms with E-state index in [0.717, 1.165) is 0 Å². The van der Waals surface area contributed by atoms with Crippen molar-refractivity contribution in [3.63, 3.8) is 0 Å². The zero-order chi connectivity index (χ0) is 13.3. The number of fused-ring (bicyclic) bond motifs is 1. The number of aromatic carboxylic acids is 1. The number of halogens is 1. The molecular formula is C13H9ClO4. The summed E-state index contributed by atoms with van der Waals surface area (Å²) in [5, 5.41) is 10.3. The molecule has 0 atom stereocenters. The normalized spacial score (nSPS) is 10.3. The van der Waals surface area contributed by atoms with Gasteiger partial charge < -0.3 is 9.84 Å². The second-order valence-electron chi connectivity index (χ2n) is 3.68. The molecule has 0 aliphatic heterocycles. The molecule has 18 heavy (non-hydrogen) atoms. The number of carbonyl (C=O) groups excluding carboxylic acids is 1. The highest BCUT2D eigenvalue weighted by Gasteiger charge is 2.16. The van der Waals surface area contributed by atoms with Crippen molar-refractivity contribution in [1.82, 2.24) is 0 Å². The molecule has 2 aromatic carbocycles. The zero-order valence-electron chi connectivity index (χ0n) is 9.44. The molecule has 0 heterocycles. The lowest BCUT2D eigenvalue weighted by atomic mass is 10.1. The molecule has 2 rings (SSSR count). The molecule has 0 bridgehead atoms. The standard InChI is InChI=1S/C13H9ClO4/c1-7(15)18-11-6-10(13(16)17)12(14)9-5-3-2-4-8(9)11/h2-6H,1H3,(H,16,17). The number of hydrogen-bond donors (Lipinski definition) is 1. The fourth-order valence-corrected chi connectivity index (χ4v) is 2.00. The maximum Gasteiger partial charge on any atom is 0.337 e. The lowest BCUT2D eigenvalue weighted by molar-refractivity contribution is -0.131. The summed E-state index contributed by atoms with van der Waals surface area (Å²) in [4.78, 5) is 22.1. The van der Waals surface area contributed by atoms with Crippen LogP contribution in [-0.2, 0) is 4.79 Å². The minimum Gasteiger partial charge on any atom is -0.478 e. The Morgan fingerprint density at radius 3 is 2.39 bits per heavy atom. The van der Waals surface area contributed by atoms with Gasteiger partial charge in [-0.15, -0.1) is 0 Å². The monoisotopic (exact) mass is 264 g/mol. The average molecular weight is 265 g/mol. The van der Waals surface area contributed by atoms with Crippen LogP contribution in [0.25, 0.3) is 10.8 Å². The smallest absolute Gasteiger partial charge is 0.337 e. The number of ether oxygens (including phenoxy) is 1. The Morgan fingerprint density at radius 1 is 1.22 bits per heavy atom. The Kier molecular flexibility index (Phi) is 3.21. The summed E-state index contributed by atoms with van der Waals surface area (Å²) >= 11 is 6.02. The fraction of sp³-hybridized carbons (Fsp3) is 0.0769. The van der Waals surface area contributed by atoms with Crippen molar-refractivity contribution in [2.45, 2.75) is 6.92 Å². The third-order valence-electron chi connectivity index (χ3n) is 2.42. The summed E-state index contributed by atoms with van der Waals surface area (Å²) in [6.45, 7) is 1.25. The van der Waals surface area contributed by atoms with Crippen molar-refractivity contribution in [2.75, 3.05) is 0 Å². The molecule has 0 aliphatic rings. The molecular weight excluding hydrogens is 256 g/mol. The van der Waals surface area contributed by atoms with Crippen molar-refractivity contribution in [3.8, 4) is 5.75 Å². The Morgan fingerprint density at radius 2 is 1.83 bits per heavy atom. The molecule has 4 nitrogen and oxygen atoms in total. The quantitative estimate of drug-likeness (QED) is 0.669. The second-order valence-corrected chi connectivity index (χ2v) is 4.06. The van der Waals surface area contributed by atoms with E-state index in [-0.39, 0.29) is 16.3 Å². The second kappa shape index (κ2) is 4.66. The van der Waals surface area contributed by atoms with Gasteiger partial charge in [0.15, 0.2) is 0 Å². The Hall–Kier alpha value is -2.07. The average Bonchev–Trinajstić information content (AvgIpc) is 2.32. The summed E-state index contributed by atoms with van der Waals surface area (Å²) in [6.07, 6.45) is 0. The van der Waals surface area contributed by atoms with Crippen LogP contribution < -0.4 is 4.74 Å². The van der Waals surface area contributed by atoms with E-state index < -0.39 is 11.9 Å². The first-order chi connectivity index (χ1) is 8.50. The van der Waals surface area contributed by atoms with E-state index in [1.54, 1.807) is 24.3 Å². The van der Waals surface area contributed by atoms with E-state index in [2.05, 4.69) is 0 Å². The predicted molar refractivity (Wildman–Crippen MR) is 67.2 cm³/mol. The summed E-state index contributed by atoms with van der Waals surface area (Å²) < 4.78 is 5.01. The van der Waals surface area contributed by atoms with Gasteiger partial charge in [-0.25, -0.2) is 4.79 Å². The van der Waals surface area contributed by atoms with Crippen LogP contribution in [-0.4, -0.2) is 17.0 Å². The first kappa shape index (κ1) is 12.4. The summed E-state index contributed by atoms with van der Waals surface area (Å²) in [6, 6.07) is 8.14. The fourth-order valence-electron chi connectivity index (χ4n) is 1.70. The molecule has 2 aromatic rings. The SMILES string of the molecule is CC(=O)Oc1cc(C(=O)O)c(Cl)c2ccccc12. The van der Waals surface area contributed by atoms with Gasteiger partial charge in [-0.3, -0.25) is 4.79 Å². The highest BCUT2D eigenvalue weighted by Crippen LogP contribution is 2.34. The van der Waals surface area contributed by atoms with Gasteiger partial charge in [-0.2, -0.15) is 0 Å². The maximum atomic E-state index is 11.1. The van der Waals surface area contributed by atoms with Crippen molar-refractivity contribution >= 4 is 34.3 Å². The third-order valence-corrected chi connectivity index (χ3v) is 2.83. The lowest BCUT2D eigenvalue weighted by Crippen LogP contribution is -2.05. The van der Waals surface area contributed by atoms with Crippen LogP contribution in [0, 0.1) is 0 Å². The van der Waals surface area contributed by atoms with Crippen LogP contribution in [0.5, 0.6) is 5.75 Å². The molecule has 0 saturated heterocycles. The van der Waals surface area contributed by atoms with Crippen LogP contribution in [0.1, 0.15) is 17.3 Å². The number of rotatable bonds is 2. The molecule has 0 fully saturated rings. The van der Waals surface area contributed by atoms with E-state index in [4.69, 9.17) is 21.4 Å². The highest BCUT2D eigenvalue weighted by atomic mass is 35.5. The number of carboxylic acid groups (broad SMARTS) is 1. The molecule has 1 N–H and O–H groups in total. The summed E-state index contributed by atoms with van der Waals surface area (Å²) in [5.41, 5.74) is -0.0911. The van der Waals surface area contributed by atoms with E-state index >= 15 is 0 Å². The lowest BCUT2D eigenvalue weighted by Gasteiger charge is -2.10. The molecule has 0 unspecified atom stereocenters. The van der Waals surface area contributed by atoms with Crippen LogP contribution in [0.15, 0.2) is 30.3 Å².